The maximum Gasteiger partial charge on any atom is 0.150 e. The Labute approximate surface area is 124 Å². The standard InChI is InChI=1S/C14H20N4O2S/c1-2-21(19,20)9-5-8-13(18-15)14-10-16-11-6-3-4-7-12(11)17-14/h3-4,6-7,10,13,18H,2,5,8-9,15H2,1H3. The summed E-state index contributed by atoms with van der Waals surface area (Å²) < 4.78 is 23.0. The molecule has 114 valence electrons. The molecule has 0 saturated heterocycles. The Balaban J connectivity index is 2.08. The monoisotopic (exact) mass is 308 g/mol. The van der Waals surface area contributed by atoms with Gasteiger partial charge in [-0.3, -0.25) is 16.3 Å². The van der Waals surface area contributed by atoms with Gasteiger partial charge in [0.15, 0.2) is 0 Å². The van der Waals surface area contributed by atoms with Crippen LogP contribution in [0, 0.1) is 0 Å². The van der Waals surface area contributed by atoms with Crippen molar-refractivity contribution in [2.24, 2.45) is 5.84 Å². The second-order valence-corrected chi connectivity index (χ2v) is 7.35. The Kier molecular flexibility index (Phi) is 5.22. The molecule has 1 aromatic carbocycles. The molecule has 0 aliphatic heterocycles. The molecule has 6 nitrogen and oxygen atoms in total. The summed E-state index contributed by atoms with van der Waals surface area (Å²) in [5.41, 5.74) is 5.04. The van der Waals surface area contributed by atoms with Crippen LogP contribution < -0.4 is 11.3 Å². The number of rotatable bonds is 7. The number of aromatic nitrogens is 2. The van der Waals surface area contributed by atoms with Gasteiger partial charge < -0.3 is 0 Å². The van der Waals surface area contributed by atoms with E-state index in [0.29, 0.717) is 12.8 Å². The molecule has 0 fully saturated rings. The third-order valence-corrected chi connectivity index (χ3v) is 5.20. The van der Waals surface area contributed by atoms with Crippen molar-refractivity contribution in [3.8, 4) is 0 Å². The van der Waals surface area contributed by atoms with Gasteiger partial charge >= 0.3 is 0 Å². The molecule has 7 heteroatoms. The smallest absolute Gasteiger partial charge is 0.150 e. The molecule has 0 aliphatic carbocycles. The Bertz CT molecular complexity index is 703. The molecule has 0 bridgehead atoms. The molecule has 2 aromatic rings. The van der Waals surface area contributed by atoms with Crippen LogP contribution in [-0.4, -0.2) is 29.9 Å². The fourth-order valence-electron chi connectivity index (χ4n) is 2.11. The summed E-state index contributed by atoms with van der Waals surface area (Å²) in [5, 5.41) is 0. The highest BCUT2D eigenvalue weighted by molar-refractivity contribution is 7.91. The molecule has 3 N–H and O–H groups in total. The first kappa shape index (κ1) is 15.8. The summed E-state index contributed by atoms with van der Waals surface area (Å²) in [5.74, 6) is 5.90. The summed E-state index contributed by atoms with van der Waals surface area (Å²) in [6.07, 6.45) is 2.82. The number of nitrogens with zero attached hydrogens (tertiary/aromatic N) is 2. The Morgan fingerprint density at radius 3 is 2.67 bits per heavy atom. The molecule has 1 heterocycles. The molecule has 0 saturated carbocycles. The van der Waals surface area contributed by atoms with Crippen LogP contribution in [0.15, 0.2) is 30.5 Å². The first-order valence-corrected chi connectivity index (χ1v) is 8.76. The number of hydrazine groups is 1. The van der Waals surface area contributed by atoms with E-state index in [0.717, 1.165) is 16.7 Å². The number of fused-ring (bicyclic) bond motifs is 1. The quantitative estimate of drug-likeness (QED) is 0.592. The number of nitrogens with two attached hydrogens (primary N) is 1. The average Bonchev–Trinajstić information content (AvgIpc) is 2.51. The molecule has 21 heavy (non-hydrogen) atoms. The zero-order valence-corrected chi connectivity index (χ0v) is 12.8. The number of sulfone groups is 1. The van der Waals surface area contributed by atoms with Crippen LogP contribution in [0.3, 0.4) is 0 Å². The van der Waals surface area contributed by atoms with Gasteiger partial charge in [0.05, 0.1) is 34.7 Å². The van der Waals surface area contributed by atoms with Crippen molar-refractivity contribution in [2.75, 3.05) is 11.5 Å². The van der Waals surface area contributed by atoms with Crippen molar-refractivity contribution in [2.45, 2.75) is 25.8 Å². The summed E-state index contributed by atoms with van der Waals surface area (Å²) >= 11 is 0. The van der Waals surface area contributed by atoms with Gasteiger partial charge in [0, 0.05) is 5.75 Å². The Hall–Kier alpha value is -1.57. The van der Waals surface area contributed by atoms with Gasteiger partial charge in [0.25, 0.3) is 0 Å². The van der Waals surface area contributed by atoms with Crippen molar-refractivity contribution >= 4 is 20.9 Å². The van der Waals surface area contributed by atoms with E-state index in [4.69, 9.17) is 5.84 Å². The zero-order chi connectivity index (χ0) is 15.3. The Morgan fingerprint density at radius 1 is 1.29 bits per heavy atom. The van der Waals surface area contributed by atoms with Crippen LogP contribution in [0.5, 0.6) is 0 Å². The van der Waals surface area contributed by atoms with Crippen molar-refractivity contribution in [1.82, 2.24) is 15.4 Å². The minimum absolute atomic E-state index is 0.169. The van der Waals surface area contributed by atoms with Gasteiger partial charge in [-0.05, 0) is 25.0 Å². The summed E-state index contributed by atoms with van der Waals surface area (Å²) in [7, 11) is -2.94. The topological polar surface area (TPSA) is 98.0 Å². The first-order valence-electron chi connectivity index (χ1n) is 6.94. The lowest BCUT2D eigenvalue weighted by Gasteiger charge is -2.15. The van der Waals surface area contributed by atoms with E-state index in [9.17, 15) is 8.42 Å². The van der Waals surface area contributed by atoms with E-state index in [2.05, 4.69) is 15.4 Å². The predicted molar refractivity (Wildman–Crippen MR) is 83.2 cm³/mol. The van der Waals surface area contributed by atoms with Crippen LogP contribution in [-0.2, 0) is 9.84 Å². The third-order valence-electron chi connectivity index (χ3n) is 3.41. The molecule has 1 unspecified atom stereocenters. The second kappa shape index (κ2) is 6.93. The van der Waals surface area contributed by atoms with E-state index in [1.165, 1.54) is 0 Å². The molecule has 1 atom stereocenters. The van der Waals surface area contributed by atoms with Crippen molar-refractivity contribution in [3.63, 3.8) is 0 Å². The van der Waals surface area contributed by atoms with E-state index in [1.807, 2.05) is 24.3 Å². The SMILES string of the molecule is CCS(=O)(=O)CCCC(NN)c1cnc2ccccc2n1. The lowest BCUT2D eigenvalue weighted by molar-refractivity contribution is 0.496. The predicted octanol–water partition coefficient (Wildman–Crippen LogP) is 1.35. The molecule has 0 amide bonds. The second-order valence-electron chi connectivity index (χ2n) is 4.88. The zero-order valence-electron chi connectivity index (χ0n) is 12.0. The molecule has 0 spiro atoms. The van der Waals surface area contributed by atoms with Crippen molar-refractivity contribution in [1.29, 1.82) is 0 Å². The number of para-hydroxylation sites is 2. The van der Waals surface area contributed by atoms with Gasteiger partial charge in [-0.15, -0.1) is 0 Å². The van der Waals surface area contributed by atoms with Gasteiger partial charge in [0.1, 0.15) is 9.84 Å². The van der Waals surface area contributed by atoms with Gasteiger partial charge in [-0.1, -0.05) is 19.1 Å². The highest BCUT2D eigenvalue weighted by Gasteiger charge is 2.14. The third kappa shape index (κ3) is 4.20. The van der Waals surface area contributed by atoms with Crippen LogP contribution >= 0.6 is 0 Å². The summed E-state index contributed by atoms with van der Waals surface area (Å²) in [6.45, 7) is 1.66. The normalized spacial score (nSPS) is 13.4. The maximum absolute atomic E-state index is 11.5. The lowest BCUT2D eigenvalue weighted by atomic mass is 10.1. The van der Waals surface area contributed by atoms with Crippen LogP contribution in [0.25, 0.3) is 11.0 Å². The minimum atomic E-state index is -2.94. The molecule has 0 aliphatic rings. The Morgan fingerprint density at radius 2 is 2.00 bits per heavy atom. The highest BCUT2D eigenvalue weighted by atomic mass is 32.2. The highest BCUT2D eigenvalue weighted by Crippen LogP contribution is 2.18. The average molecular weight is 308 g/mol. The maximum atomic E-state index is 11.5. The van der Waals surface area contributed by atoms with Crippen LogP contribution in [0.2, 0.25) is 0 Å². The van der Waals surface area contributed by atoms with Crippen LogP contribution in [0.1, 0.15) is 31.5 Å². The largest absolute Gasteiger partial charge is 0.271 e. The van der Waals surface area contributed by atoms with E-state index < -0.39 is 9.84 Å². The molecular weight excluding hydrogens is 288 g/mol. The fourth-order valence-corrected chi connectivity index (χ4v) is 3.00. The van der Waals surface area contributed by atoms with E-state index >= 15 is 0 Å². The number of benzene rings is 1. The molecule has 2 rings (SSSR count). The fraction of sp³-hybridized carbons (Fsp3) is 0.429. The van der Waals surface area contributed by atoms with Crippen molar-refractivity contribution < 1.29 is 8.42 Å². The van der Waals surface area contributed by atoms with Crippen molar-refractivity contribution in [3.05, 3.63) is 36.2 Å². The van der Waals surface area contributed by atoms with Gasteiger partial charge in [-0.25, -0.2) is 13.4 Å². The van der Waals surface area contributed by atoms with Crippen LogP contribution in [0.4, 0.5) is 0 Å². The van der Waals surface area contributed by atoms with E-state index in [1.54, 1.807) is 13.1 Å². The first-order chi connectivity index (χ1) is 10.1. The van der Waals surface area contributed by atoms with Gasteiger partial charge in [-0.2, -0.15) is 0 Å². The summed E-state index contributed by atoms with van der Waals surface area (Å²) in [4.78, 5) is 8.87. The lowest BCUT2D eigenvalue weighted by Crippen LogP contribution is -2.29. The molecular formula is C14H20N4O2S. The number of nitrogens with one attached hydrogen (secondary N) is 1. The molecule has 1 aromatic heterocycles. The summed E-state index contributed by atoms with van der Waals surface area (Å²) in [6, 6.07) is 7.39. The number of hydrogen-bond acceptors (Lipinski definition) is 6. The minimum Gasteiger partial charge on any atom is -0.271 e. The molecule has 0 radical (unpaired) electrons. The van der Waals surface area contributed by atoms with E-state index in [-0.39, 0.29) is 17.5 Å². The number of hydrogen-bond donors (Lipinski definition) is 2. The van der Waals surface area contributed by atoms with Gasteiger partial charge in [0.2, 0.25) is 0 Å².